The van der Waals surface area contributed by atoms with Crippen molar-refractivity contribution in [2.45, 2.75) is 38.0 Å². The number of hydrogen-bond acceptors (Lipinski definition) is 2. The number of allylic oxidation sites excluding steroid dienone is 1. The van der Waals surface area contributed by atoms with Gasteiger partial charge in [-0.25, -0.2) is 8.60 Å². The molecule has 2 atom stereocenters. The number of fused-ring (bicyclic) bond motifs is 1. The van der Waals surface area contributed by atoms with Crippen LogP contribution in [0.3, 0.4) is 0 Å². The highest BCUT2D eigenvalue weighted by atomic mass is 32.2. The highest BCUT2D eigenvalue weighted by Crippen LogP contribution is 2.50. The van der Waals surface area contributed by atoms with Gasteiger partial charge in [0.05, 0.1) is 11.4 Å². The molecule has 0 fully saturated rings. The SMILES string of the molecule is C=C(c1cccc(NS(C)=O)c1NC)C1(CC)CCCc2cc(F)ccc21. The second-order valence-electron chi connectivity index (χ2n) is 7.10. The summed E-state index contributed by atoms with van der Waals surface area (Å²) in [5.74, 6) is -0.182. The number of rotatable bonds is 6. The summed E-state index contributed by atoms with van der Waals surface area (Å²) in [5.41, 5.74) is 5.75. The van der Waals surface area contributed by atoms with Crippen LogP contribution < -0.4 is 10.0 Å². The molecule has 2 N–H and O–H groups in total. The summed E-state index contributed by atoms with van der Waals surface area (Å²) in [7, 11) is 0.693. The molecule has 0 aliphatic heterocycles. The Balaban J connectivity index is 2.14. The van der Waals surface area contributed by atoms with E-state index >= 15 is 0 Å². The minimum atomic E-state index is -1.17. The van der Waals surface area contributed by atoms with E-state index in [1.54, 1.807) is 18.4 Å². The Bertz CT molecular complexity index is 896. The minimum Gasteiger partial charge on any atom is -0.386 e. The normalized spacial score (nSPS) is 19.9. The second kappa shape index (κ2) is 7.85. The van der Waals surface area contributed by atoms with Gasteiger partial charge in [-0.1, -0.05) is 31.7 Å². The maximum Gasteiger partial charge on any atom is 0.123 e. The molecule has 0 heterocycles. The van der Waals surface area contributed by atoms with Crippen LogP contribution in [0.4, 0.5) is 15.8 Å². The summed E-state index contributed by atoms with van der Waals surface area (Å²) in [6, 6.07) is 11.1. The number of aryl methyl sites for hydroxylation is 1. The Kier molecular flexibility index (Phi) is 5.70. The van der Waals surface area contributed by atoms with Crippen molar-refractivity contribution in [2.24, 2.45) is 0 Å². The molecule has 0 saturated carbocycles. The topological polar surface area (TPSA) is 41.1 Å². The van der Waals surface area contributed by atoms with Gasteiger partial charge < -0.3 is 10.0 Å². The van der Waals surface area contributed by atoms with Gasteiger partial charge in [-0.05, 0) is 60.6 Å². The van der Waals surface area contributed by atoms with E-state index in [2.05, 4.69) is 23.5 Å². The zero-order chi connectivity index (χ0) is 19.6. The fourth-order valence-electron chi connectivity index (χ4n) is 4.42. The lowest BCUT2D eigenvalue weighted by atomic mass is 9.63. The number of nitrogens with one attached hydrogen (secondary N) is 2. The molecule has 0 radical (unpaired) electrons. The fraction of sp³-hybridized carbons (Fsp3) is 0.364. The van der Waals surface area contributed by atoms with E-state index in [0.29, 0.717) is 0 Å². The quantitative estimate of drug-likeness (QED) is 0.710. The Morgan fingerprint density at radius 2 is 2.11 bits per heavy atom. The Labute approximate surface area is 163 Å². The van der Waals surface area contributed by atoms with Crippen LogP contribution in [0, 0.1) is 5.82 Å². The molecule has 0 aromatic heterocycles. The average Bonchev–Trinajstić information content (AvgIpc) is 2.65. The first-order valence-corrected chi connectivity index (χ1v) is 10.9. The molecule has 3 nitrogen and oxygen atoms in total. The predicted molar refractivity (Wildman–Crippen MR) is 114 cm³/mol. The highest BCUT2D eigenvalue weighted by Gasteiger charge is 2.39. The Morgan fingerprint density at radius 3 is 2.78 bits per heavy atom. The molecule has 144 valence electrons. The lowest BCUT2D eigenvalue weighted by molar-refractivity contribution is 0.441. The molecule has 0 amide bonds. The summed E-state index contributed by atoms with van der Waals surface area (Å²) in [4.78, 5) is 0. The lowest BCUT2D eigenvalue weighted by Crippen LogP contribution is -2.32. The zero-order valence-corrected chi connectivity index (χ0v) is 17.0. The predicted octanol–water partition coefficient (Wildman–Crippen LogP) is 5.27. The van der Waals surface area contributed by atoms with Crippen molar-refractivity contribution >= 4 is 27.9 Å². The van der Waals surface area contributed by atoms with Crippen molar-refractivity contribution in [2.75, 3.05) is 23.3 Å². The van der Waals surface area contributed by atoms with Gasteiger partial charge in [0.1, 0.15) is 16.8 Å². The minimum absolute atomic E-state index is 0.182. The average molecular weight is 387 g/mol. The molecule has 1 aliphatic rings. The van der Waals surface area contributed by atoms with Gasteiger partial charge in [-0.2, -0.15) is 0 Å². The first-order valence-electron chi connectivity index (χ1n) is 9.32. The summed E-state index contributed by atoms with van der Waals surface area (Å²) >= 11 is 0. The van der Waals surface area contributed by atoms with E-state index in [0.717, 1.165) is 53.8 Å². The van der Waals surface area contributed by atoms with Crippen LogP contribution in [0.2, 0.25) is 0 Å². The largest absolute Gasteiger partial charge is 0.386 e. The number of hydrogen-bond donors (Lipinski definition) is 2. The third-order valence-corrected chi connectivity index (χ3v) is 6.21. The van der Waals surface area contributed by atoms with Crippen LogP contribution >= 0.6 is 0 Å². The molecule has 3 rings (SSSR count). The summed E-state index contributed by atoms with van der Waals surface area (Å²) in [6.07, 6.45) is 5.40. The van der Waals surface area contributed by atoms with Crippen molar-refractivity contribution in [1.29, 1.82) is 0 Å². The monoisotopic (exact) mass is 386 g/mol. The fourth-order valence-corrected chi connectivity index (χ4v) is 4.90. The number of benzene rings is 2. The van der Waals surface area contributed by atoms with Crippen molar-refractivity contribution in [3.05, 3.63) is 65.5 Å². The molecule has 0 bridgehead atoms. The van der Waals surface area contributed by atoms with E-state index in [1.807, 2.05) is 31.3 Å². The highest BCUT2D eigenvalue weighted by molar-refractivity contribution is 7.85. The smallest absolute Gasteiger partial charge is 0.123 e. The Hall–Kier alpha value is -2.14. The van der Waals surface area contributed by atoms with Crippen molar-refractivity contribution in [1.82, 2.24) is 0 Å². The van der Waals surface area contributed by atoms with Crippen LogP contribution in [0.1, 0.15) is 42.9 Å². The van der Waals surface area contributed by atoms with Gasteiger partial charge in [0.15, 0.2) is 0 Å². The van der Waals surface area contributed by atoms with Crippen LogP contribution in [0.25, 0.3) is 5.57 Å². The number of para-hydroxylation sites is 1. The van der Waals surface area contributed by atoms with E-state index in [1.165, 1.54) is 5.56 Å². The van der Waals surface area contributed by atoms with Gasteiger partial charge in [0.2, 0.25) is 0 Å². The van der Waals surface area contributed by atoms with E-state index < -0.39 is 11.0 Å². The molecule has 1 aliphatic carbocycles. The maximum atomic E-state index is 13.8. The van der Waals surface area contributed by atoms with Gasteiger partial charge in [0, 0.05) is 24.3 Å². The van der Waals surface area contributed by atoms with E-state index in [4.69, 9.17) is 0 Å². The molecule has 2 aromatic rings. The molecule has 5 heteroatoms. The second-order valence-corrected chi connectivity index (χ2v) is 8.22. The maximum absolute atomic E-state index is 13.8. The van der Waals surface area contributed by atoms with Gasteiger partial charge in [-0.3, -0.25) is 0 Å². The van der Waals surface area contributed by atoms with Crippen LogP contribution in [0.5, 0.6) is 0 Å². The van der Waals surface area contributed by atoms with E-state index in [9.17, 15) is 8.60 Å². The molecule has 2 unspecified atom stereocenters. The first kappa shape index (κ1) is 19.6. The van der Waals surface area contributed by atoms with Crippen molar-refractivity contribution < 1.29 is 8.60 Å². The van der Waals surface area contributed by atoms with Gasteiger partial charge in [-0.15, -0.1) is 0 Å². The summed E-state index contributed by atoms with van der Waals surface area (Å²) in [5, 5.41) is 3.25. The molecule has 2 aromatic carbocycles. The summed E-state index contributed by atoms with van der Waals surface area (Å²) < 4.78 is 28.5. The zero-order valence-electron chi connectivity index (χ0n) is 16.2. The Morgan fingerprint density at radius 1 is 1.33 bits per heavy atom. The third-order valence-electron chi connectivity index (χ3n) is 5.71. The van der Waals surface area contributed by atoms with Crippen LogP contribution in [0.15, 0.2) is 43.0 Å². The third kappa shape index (κ3) is 3.53. The molecule has 27 heavy (non-hydrogen) atoms. The van der Waals surface area contributed by atoms with Crippen molar-refractivity contribution in [3.63, 3.8) is 0 Å². The molecule has 0 spiro atoms. The number of halogens is 1. The standard InChI is InChI=1S/C22H27FN2OS/c1-5-22(13-7-8-16-14-17(23)11-12-19(16)22)15(2)18-9-6-10-20(21(18)24-3)25-27(4)26/h6,9-12,14,24-25H,2,5,7-8,13H2,1,3-4H3. The van der Waals surface area contributed by atoms with Crippen LogP contribution in [-0.4, -0.2) is 17.5 Å². The van der Waals surface area contributed by atoms with Gasteiger partial charge in [0.25, 0.3) is 0 Å². The first-order chi connectivity index (χ1) is 12.9. The molecule has 0 saturated heterocycles. The molecular weight excluding hydrogens is 359 g/mol. The van der Waals surface area contributed by atoms with Crippen molar-refractivity contribution in [3.8, 4) is 0 Å². The molecular formula is C22H27FN2OS. The lowest BCUT2D eigenvalue weighted by Gasteiger charge is -2.41. The van der Waals surface area contributed by atoms with E-state index in [-0.39, 0.29) is 11.2 Å². The van der Waals surface area contributed by atoms with Crippen LogP contribution in [-0.2, 0) is 22.8 Å². The summed E-state index contributed by atoms with van der Waals surface area (Å²) in [6.45, 7) is 6.68. The van der Waals surface area contributed by atoms with Gasteiger partial charge >= 0.3 is 0 Å². The number of anilines is 2.